The van der Waals surface area contributed by atoms with Crippen molar-refractivity contribution in [2.45, 2.75) is 45.7 Å². The third-order valence-electron chi connectivity index (χ3n) is 4.22. The summed E-state index contributed by atoms with van der Waals surface area (Å²) in [4.78, 5) is 2.48. The topological polar surface area (TPSA) is 56.3 Å². The molecule has 20 heavy (non-hydrogen) atoms. The predicted octanol–water partition coefficient (Wildman–Crippen LogP) is 1.87. The molecule has 1 aromatic heterocycles. The number of aromatic nitrogens is 2. The Morgan fingerprint density at radius 1 is 1.40 bits per heavy atom. The number of methoxy groups -OCH3 is 1. The smallest absolute Gasteiger partial charge is 0.0590 e. The minimum atomic E-state index is 0.212. The summed E-state index contributed by atoms with van der Waals surface area (Å²) in [5.41, 5.74) is 8.51. The zero-order chi connectivity index (χ0) is 15.1. The van der Waals surface area contributed by atoms with Crippen LogP contribution in [-0.2, 0) is 11.8 Å². The Labute approximate surface area is 123 Å². The first-order valence-corrected chi connectivity index (χ1v) is 7.53. The molecule has 0 aromatic carbocycles. The molecule has 0 fully saturated rings. The maximum Gasteiger partial charge on any atom is 0.0590 e. The SMILES string of the molecule is CCC(CC)N(CCOC)C(CN)c1cnn(C)c1C. The molecule has 0 aliphatic heterocycles. The van der Waals surface area contributed by atoms with Gasteiger partial charge in [0.2, 0.25) is 0 Å². The van der Waals surface area contributed by atoms with Crippen molar-refractivity contribution in [3.63, 3.8) is 0 Å². The van der Waals surface area contributed by atoms with Gasteiger partial charge < -0.3 is 10.5 Å². The molecule has 5 heteroatoms. The van der Waals surface area contributed by atoms with Crippen LogP contribution < -0.4 is 5.73 Å². The lowest BCUT2D eigenvalue weighted by atomic mass is 10.0. The Bertz CT molecular complexity index is 387. The molecular formula is C15H30N4O. The van der Waals surface area contributed by atoms with Gasteiger partial charge >= 0.3 is 0 Å². The Kier molecular flexibility index (Phi) is 7.19. The van der Waals surface area contributed by atoms with E-state index in [1.807, 2.05) is 17.9 Å². The van der Waals surface area contributed by atoms with Crippen LogP contribution in [0.15, 0.2) is 6.20 Å². The number of rotatable bonds is 9. The van der Waals surface area contributed by atoms with Crippen LogP contribution in [-0.4, -0.2) is 47.5 Å². The highest BCUT2D eigenvalue weighted by atomic mass is 16.5. The summed E-state index contributed by atoms with van der Waals surface area (Å²) >= 11 is 0. The van der Waals surface area contributed by atoms with Gasteiger partial charge in [-0.15, -0.1) is 0 Å². The van der Waals surface area contributed by atoms with E-state index >= 15 is 0 Å². The van der Waals surface area contributed by atoms with Gasteiger partial charge in [0.1, 0.15) is 0 Å². The number of hydrogen-bond donors (Lipinski definition) is 1. The number of nitrogens with two attached hydrogens (primary N) is 1. The molecule has 0 saturated carbocycles. The molecular weight excluding hydrogens is 252 g/mol. The van der Waals surface area contributed by atoms with E-state index in [-0.39, 0.29) is 6.04 Å². The van der Waals surface area contributed by atoms with E-state index in [0.29, 0.717) is 12.6 Å². The molecule has 0 aliphatic rings. The second-order valence-corrected chi connectivity index (χ2v) is 5.26. The average molecular weight is 282 g/mol. The van der Waals surface area contributed by atoms with Crippen molar-refractivity contribution in [2.75, 3.05) is 26.8 Å². The van der Waals surface area contributed by atoms with Gasteiger partial charge in [-0.05, 0) is 19.8 Å². The molecule has 1 heterocycles. The fourth-order valence-corrected chi connectivity index (χ4v) is 2.83. The van der Waals surface area contributed by atoms with Gasteiger partial charge in [0.05, 0.1) is 18.8 Å². The zero-order valence-corrected chi connectivity index (χ0v) is 13.6. The van der Waals surface area contributed by atoms with Gasteiger partial charge in [-0.25, -0.2) is 0 Å². The molecule has 0 radical (unpaired) electrons. The molecule has 1 rings (SSSR count). The highest BCUT2D eigenvalue weighted by Gasteiger charge is 2.26. The summed E-state index contributed by atoms with van der Waals surface area (Å²) in [6, 6.07) is 0.738. The normalized spacial score (nSPS) is 13.4. The minimum absolute atomic E-state index is 0.212. The molecule has 1 atom stereocenters. The average Bonchev–Trinajstić information content (AvgIpc) is 2.78. The van der Waals surface area contributed by atoms with Crippen molar-refractivity contribution >= 4 is 0 Å². The molecule has 1 aromatic rings. The second kappa shape index (κ2) is 8.39. The second-order valence-electron chi connectivity index (χ2n) is 5.26. The van der Waals surface area contributed by atoms with E-state index in [1.54, 1.807) is 7.11 Å². The van der Waals surface area contributed by atoms with Crippen molar-refractivity contribution in [2.24, 2.45) is 12.8 Å². The lowest BCUT2D eigenvalue weighted by Gasteiger charge is -2.37. The highest BCUT2D eigenvalue weighted by Crippen LogP contribution is 2.26. The quantitative estimate of drug-likeness (QED) is 0.751. The number of nitrogens with zero attached hydrogens (tertiary/aromatic N) is 3. The highest BCUT2D eigenvalue weighted by molar-refractivity contribution is 5.21. The van der Waals surface area contributed by atoms with Crippen molar-refractivity contribution in [3.8, 4) is 0 Å². The van der Waals surface area contributed by atoms with Crippen LogP contribution >= 0.6 is 0 Å². The standard InChI is InChI=1S/C15H30N4O/c1-6-13(7-2)19(8-9-20-5)15(10-16)14-11-17-18(4)12(14)3/h11,13,15H,6-10,16H2,1-5H3. The van der Waals surface area contributed by atoms with Crippen molar-refractivity contribution in [1.82, 2.24) is 14.7 Å². The van der Waals surface area contributed by atoms with E-state index in [0.717, 1.165) is 26.0 Å². The molecule has 2 N–H and O–H groups in total. The lowest BCUT2D eigenvalue weighted by molar-refractivity contribution is 0.0814. The fraction of sp³-hybridized carbons (Fsp3) is 0.800. The largest absolute Gasteiger partial charge is 0.383 e. The summed E-state index contributed by atoms with van der Waals surface area (Å²) < 4.78 is 7.19. The van der Waals surface area contributed by atoms with Crippen LogP contribution in [0.3, 0.4) is 0 Å². The van der Waals surface area contributed by atoms with E-state index < -0.39 is 0 Å². The van der Waals surface area contributed by atoms with E-state index in [9.17, 15) is 0 Å². The van der Waals surface area contributed by atoms with Crippen LogP contribution in [0.2, 0.25) is 0 Å². The maximum atomic E-state index is 6.08. The van der Waals surface area contributed by atoms with E-state index in [4.69, 9.17) is 10.5 Å². The Morgan fingerprint density at radius 3 is 2.45 bits per heavy atom. The number of aryl methyl sites for hydroxylation is 1. The predicted molar refractivity (Wildman–Crippen MR) is 82.7 cm³/mol. The third kappa shape index (κ3) is 3.81. The summed E-state index contributed by atoms with van der Waals surface area (Å²) in [7, 11) is 3.72. The lowest BCUT2D eigenvalue weighted by Crippen LogP contribution is -2.43. The molecule has 116 valence electrons. The molecule has 0 bridgehead atoms. The van der Waals surface area contributed by atoms with E-state index in [2.05, 4.69) is 30.8 Å². The maximum absolute atomic E-state index is 6.08. The van der Waals surface area contributed by atoms with Crippen LogP contribution in [0.4, 0.5) is 0 Å². The molecule has 0 saturated heterocycles. The van der Waals surface area contributed by atoms with Gasteiger partial charge in [0.25, 0.3) is 0 Å². The monoisotopic (exact) mass is 282 g/mol. The summed E-state index contributed by atoms with van der Waals surface area (Å²) in [6.45, 7) is 8.81. The summed E-state index contributed by atoms with van der Waals surface area (Å²) in [5.74, 6) is 0. The molecule has 1 unspecified atom stereocenters. The first-order chi connectivity index (χ1) is 9.60. The Balaban J connectivity index is 3.03. The molecule has 0 spiro atoms. The van der Waals surface area contributed by atoms with E-state index in [1.165, 1.54) is 11.3 Å². The third-order valence-corrected chi connectivity index (χ3v) is 4.22. The zero-order valence-electron chi connectivity index (χ0n) is 13.6. The molecule has 0 aliphatic carbocycles. The molecule has 5 nitrogen and oxygen atoms in total. The van der Waals surface area contributed by atoms with Gasteiger partial charge in [-0.1, -0.05) is 13.8 Å². The van der Waals surface area contributed by atoms with Gasteiger partial charge in [-0.2, -0.15) is 5.10 Å². The number of hydrogen-bond acceptors (Lipinski definition) is 4. The van der Waals surface area contributed by atoms with Crippen LogP contribution in [0.25, 0.3) is 0 Å². The minimum Gasteiger partial charge on any atom is -0.383 e. The van der Waals surface area contributed by atoms with Crippen LogP contribution in [0.5, 0.6) is 0 Å². The van der Waals surface area contributed by atoms with Crippen LogP contribution in [0, 0.1) is 6.92 Å². The molecule has 0 amide bonds. The van der Waals surface area contributed by atoms with Gasteiger partial charge in [-0.3, -0.25) is 9.58 Å². The summed E-state index contributed by atoms with van der Waals surface area (Å²) in [5, 5.41) is 4.36. The van der Waals surface area contributed by atoms with Gasteiger partial charge in [0.15, 0.2) is 0 Å². The Hall–Kier alpha value is -0.910. The Morgan fingerprint density at radius 2 is 2.05 bits per heavy atom. The summed E-state index contributed by atoms with van der Waals surface area (Å²) in [6.07, 6.45) is 4.20. The first-order valence-electron chi connectivity index (χ1n) is 7.53. The number of ether oxygens (including phenoxy) is 1. The fourth-order valence-electron chi connectivity index (χ4n) is 2.83. The van der Waals surface area contributed by atoms with Gasteiger partial charge in [0, 0.05) is 44.5 Å². The van der Waals surface area contributed by atoms with Crippen molar-refractivity contribution in [3.05, 3.63) is 17.5 Å². The van der Waals surface area contributed by atoms with Crippen LogP contribution in [0.1, 0.15) is 44.0 Å². The van der Waals surface area contributed by atoms with Crippen molar-refractivity contribution in [1.29, 1.82) is 0 Å². The first kappa shape index (κ1) is 17.1. The van der Waals surface area contributed by atoms with Crippen molar-refractivity contribution < 1.29 is 4.74 Å².